The topological polar surface area (TPSA) is 72.7 Å². The lowest BCUT2D eigenvalue weighted by Crippen LogP contribution is -2.33. The summed E-state index contributed by atoms with van der Waals surface area (Å²) in [7, 11) is 3.28. The number of nitro groups is 1. The fourth-order valence-corrected chi connectivity index (χ4v) is 2.53. The fourth-order valence-electron chi connectivity index (χ4n) is 1.83. The molecule has 0 fully saturated rings. The van der Waals surface area contributed by atoms with Crippen molar-refractivity contribution in [3.05, 3.63) is 39.4 Å². The van der Waals surface area contributed by atoms with Crippen LogP contribution in [0.3, 0.4) is 0 Å². The van der Waals surface area contributed by atoms with Gasteiger partial charge < -0.3 is 9.64 Å². The van der Waals surface area contributed by atoms with Crippen LogP contribution in [-0.4, -0.2) is 47.9 Å². The Bertz CT molecular complexity index is 507. The van der Waals surface area contributed by atoms with E-state index in [1.165, 1.54) is 18.2 Å². The van der Waals surface area contributed by atoms with Crippen LogP contribution in [0.4, 0.5) is 5.69 Å². The van der Waals surface area contributed by atoms with E-state index in [9.17, 15) is 14.9 Å². The van der Waals surface area contributed by atoms with E-state index in [2.05, 4.69) is 15.9 Å². The first kappa shape index (κ1) is 16.6. The number of nitrogens with zero attached hydrogens (tertiary/aromatic N) is 2. The van der Waals surface area contributed by atoms with Crippen molar-refractivity contribution in [2.24, 2.45) is 0 Å². The number of methoxy groups -OCH3 is 1. The number of halogens is 1. The van der Waals surface area contributed by atoms with Crippen molar-refractivity contribution in [1.82, 2.24) is 4.90 Å². The minimum Gasteiger partial charge on any atom is -0.383 e. The number of ether oxygens (including phenoxy) is 1. The molecule has 0 saturated carbocycles. The van der Waals surface area contributed by atoms with Gasteiger partial charge in [0, 0.05) is 37.9 Å². The molecule has 0 spiro atoms. The third kappa shape index (κ3) is 4.28. The zero-order chi connectivity index (χ0) is 15.3. The minimum absolute atomic E-state index is 0.0157. The van der Waals surface area contributed by atoms with E-state index in [4.69, 9.17) is 4.74 Å². The molecule has 0 heterocycles. The number of aryl methyl sites for hydroxylation is 1. The monoisotopic (exact) mass is 344 g/mol. The number of amides is 1. The standard InChI is InChI=1S/C13H17BrN2O4/c1-9-6-10(4-5-12(9)16(18)19)13(17)15(2)7-11(14)8-20-3/h4-6,11H,7-8H2,1-3H3. The number of carbonyl (C=O) groups is 1. The number of rotatable bonds is 6. The van der Waals surface area contributed by atoms with E-state index in [-0.39, 0.29) is 16.4 Å². The van der Waals surface area contributed by atoms with Gasteiger partial charge in [0.15, 0.2) is 0 Å². The van der Waals surface area contributed by atoms with Crippen molar-refractivity contribution in [3.63, 3.8) is 0 Å². The summed E-state index contributed by atoms with van der Waals surface area (Å²) >= 11 is 3.42. The second kappa shape index (κ2) is 7.35. The molecule has 1 atom stereocenters. The molecule has 0 aromatic heterocycles. The van der Waals surface area contributed by atoms with Gasteiger partial charge in [0.1, 0.15) is 0 Å². The highest BCUT2D eigenvalue weighted by Gasteiger charge is 2.18. The van der Waals surface area contributed by atoms with E-state index in [0.717, 1.165) is 0 Å². The van der Waals surface area contributed by atoms with Gasteiger partial charge in [-0.2, -0.15) is 0 Å². The molecule has 0 radical (unpaired) electrons. The van der Waals surface area contributed by atoms with Gasteiger partial charge in [0.05, 0.1) is 16.4 Å². The van der Waals surface area contributed by atoms with E-state index in [1.54, 1.807) is 26.0 Å². The normalized spacial score (nSPS) is 12.0. The summed E-state index contributed by atoms with van der Waals surface area (Å²) < 4.78 is 4.99. The van der Waals surface area contributed by atoms with Crippen LogP contribution in [0.25, 0.3) is 0 Å². The first-order chi connectivity index (χ1) is 9.36. The summed E-state index contributed by atoms with van der Waals surface area (Å²) in [5.74, 6) is -0.177. The van der Waals surface area contributed by atoms with Crippen LogP contribution in [0.15, 0.2) is 18.2 Å². The van der Waals surface area contributed by atoms with Crippen molar-refractivity contribution in [1.29, 1.82) is 0 Å². The molecule has 0 aliphatic carbocycles. The lowest BCUT2D eigenvalue weighted by atomic mass is 10.1. The van der Waals surface area contributed by atoms with Crippen LogP contribution in [0.1, 0.15) is 15.9 Å². The highest BCUT2D eigenvalue weighted by molar-refractivity contribution is 9.09. The van der Waals surface area contributed by atoms with Gasteiger partial charge in [-0.25, -0.2) is 0 Å². The molecule has 0 saturated heterocycles. The smallest absolute Gasteiger partial charge is 0.272 e. The molecule has 1 unspecified atom stereocenters. The van der Waals surface area contributed by atoms with Crippen molar-refractivity contribution < 1.29 is 14.5 Å². The quantitative estimate of drug-likeness (QED) is 0.451. The molecule has 20 heavy (non-hydrogen) atoms. The molecule has 110 valence electrons. The zero-order valence-electron chi connectivity index (χ0n) is 11.6. The maximum Gasteiger partial charge on any atom is 0.272 e. The molecule has 7 heteroatoms. The predicted molar refractivity (Wildman–Crippen MR) is 79.4 cm³/mol. The Balaban J connectivity index is 2.82. The number of hydrogen-bond acceptors (Lipinski definition) is 4. The van der Waals surface area contributed by atoms with Crippen LogP contribution in [-0.2, 0) is 4.74 Å². The molecule has 6 nitrogen and oxygen atoms in total. The van der Waals surface area contributed by atoms with Gasteiger partial charge in [0.25, 0.3) is 11.6 Å². The van der Waals surface area contributed by atoms with Crippen LogP contribution in [0, 0.1) is 17.0 Å². The highest BCUT2D eigenvalue weighted by atomic mass is 79.9. The van der Waals surface area contributed by atoms with Gasteiger partial charge in [-0.1, -0.05) is 15.9 Å². The Morgan fingerprint density at radius 3 is 2.70 bits per heavy atom. The number of hydrogen-bond donors (Lipinski definition) is 0. The van der Waals surface area contributed by atoms with Gasteiger partial charge in [-0.05, 0) is 19.1 Å². The van der Waals surface area contributed by atoms with E-state index < -0.39 is 4.92 Å². The maximum atomic E-state index is 12.2. The molecular weight excluding hydrogens is 328 g/mol. The van der Waals surface area contributed by atoms with Gasteiger partial charge in [-0.3, -0.25) is 14.9 Å². The fraction of sp³-hybridized carbons (Fsp3) is 0.462. The van der Waals surface area contributed by atoms with Crippen molar-refractivity contribution in [2.75, 3.05) is 27.3 Å². The van der Waals surface area contributed by atoms with Crippen LogP contribution >= 0.6 is 15.9 Å². The highest BCUT2D eigenvalue weighted by Crippen LogP contribution is 2.19. The SMILES string of the molecule is COCC(Br)CN(C)C(=O)c1ccc([N+](=O)[O-])c(C)c1. The zero-order valence-corrected chi connectivity index (χ0v) is 13.2. The minimum atomic E-state index is -0.458. The van der Waals surface area contributed by atoms with E-state index in [0.29, 0.717) is 24.3 Å². The molecule has 1 aromatic carbocycles. The molecule has 0 aliphatic rings. The van der Waals surface area contributed by atoms with Crippen molar-refractivity contribution >= 4 is 27.5 Å². The molecule has 1 rings (SSSR count). The second-order valence-corrected chi connectivity index (χ2v) is 5.79. The number of nitro benzene ring substituents is 1. The summed E-state index contributed by atoms with van der Waals surface area (Å²) in [6.45, 7) is 2.60. The number of benzene rings is 1. The van der Waals surface area contributed by atoms with E-state index in [1.807, 2.05) is 0 Å². The summed E-state index contributed by atoms with van der Waals surface area (Å²) in [6.07, 6.45) is 0. The molecule has 0 aliphatic heterocycles. The first-order valence-electron chi connectivity index (χ1n) is 6.00. The molecular formula is C13H17BrN2O4. The molecule has 0 bridgehead atoms. The lowest BCUT2D eigenvalue weighted by molar-refractivity contribution is -0.385. The summed E-state index contributed by atoms with van der Waals surface area (Å²) in [6, 6.07) is 4.37. The average molecular weight is 345 g/mol. The summed E-state index contributed by atoms with van der Waals surface area (Å²) in [5, 5.41) is 10.7. The number of carbonyl (C=O) groups excluding carboxylic acids is 1. The van der Waals surface area contributed by atoms with Crippen LogP contribution in [0.2, 0.25) is 0 Å². The molecule has 1 aromatic rings. The number of alkyl halides is 1. The van der Waals surface area contributed by atoms with Crippen molar-refractivity contribution in [2.45, 2.75) is 11.8 Å². The second-order valence-electron chi connectivity index (χ2n) is 4.50. The van der Waals surface area contributed by atoms with Crippen LogP contribution in [0.5, 0.6) is 0 Å². The van der Waals surface area contributed by atoms with Gasteiger partial charge in [0.2, 0.25) is 0 Å². The maximum absolute atomic E-state index is 12.2. The Morgan fingerprint density at radius 1 is 1.55 bits per heavy atom. The Labute approximate surface area is 126 Å². The third-order valence-electron chi connectivity index (χ3n) is 2.81. The largest absolute Gasteiger partial charge is 0.383 e. The van der Waals surface area contributed by atoms with Gasteiger partial charge >= 0.3 is 0 Å². The lowest BCUT2D eigenvalue weighted by Gasteiger charge is -2.20. The summed E-state index contributed by atoms with van der Waals surface area (Å²) in [4.78, 5) is 24.1. The predicted octanol–water partition coefficient (Wildman–Crippen LogP) is 2.39. The Hall–Kier alpha value is -1.47. The molecule has 0 N–H and O–H groups in total. The Kier molecular flexibility index (Phi) is 6.09. The van der Waals surface area contributed by atoms with E-state index >= 15 is 0 Å². The van der Waals surface area contributed by atoms with Gasteiger partial charge in [-0.15, -0.1) is 0 Å². The third-order valence-corrected chi connectivity index (χ3v) is 3.36. The molecule has 1 amide bonds. The Morgan fingerprint density at radius 2 is 2.20 bits per heavy atom. The average Bonchev–Trinajstić information content (AvgIpc) is 2.37. The van der Waals surface area contributed by atoms with Crippen LogP contribution < -0.4 is 0 Å². The van der Waals surface area contributed by atoms with Crippen molar-refractivity contribution in [3.8, 4) is 0 Å². The first-order valence-corrected chi connectivity index (χ1v) is 6.92. The summed E-state index contributed by atoms with van der Waals surface area (Å²) in [5.41, 5.74) is 0.927.